The van der Waals surface area contributed by atoms with Crippen molar-refractivity contribution in [2.75, 3.05) is 19.6 Å². The molecule has 0 radical (unpaired) electrons. The Hall–Kier alpha value is -0.710. The number of ketones is 1. The van der Waals surface area contributed by atoms with Crippen molar-refractivity contribution in [1.82, 2.24) is 4.90 Å². The Morgan fingerprint density at radius 1 is 1.60 bits per heavy atom. The van der Waals surface area contributed by atoms with Crippen LogP contribution in [0.3, 0.4) is 0 Å². The molecular weight excluding hydrogens is 208 g/mol. The second-order valence-electron chi connectivity index (χ2n) is 3.89. The van der Waals surface area contributed by atoms with Gasteiger partial charge in [0.25, 0.3) is 0 Å². The summed E-state index contributed by atoms with van der Waals surface area (Å²) in [5.74, 6) is 0.227. The smallest absolute Gasteiger partial charge is 0.186 e. The SMILES string of the molecule is NCCN(CC(=O)c1cccs1)C1CC1. The molecular formula is C11H16N2OS. The van der Waals surface area contributed by atoms with Crippen LogP contribution in [-0.4, -0.2) is 36.4 Å². The number of carbonyl (C=O) groups is 1. The van der Waals surface area contributed by atoms with E-state index in [1.165, 1.54) is 24.2 Å². The average Bonchev–Trinajstić information content (AvgIpc) is 2.92. The van der Waals surface area contributed by atoms with E-state index in [1.54, 1.807) is 0 Å². The standard InChI is InChI=1S/C11H16N2OS/c12-5-6-13(9-3-4-9)8-10(14)11-2-1-7-15-11/h1-2,7,9H,3-6,8,12H2. The molecule has 0 unspecified atom stereocenters. The van der Waals surface area contributed by atoms with E-state index in [0.29, 0.717) is 19.1 Å². The van der Waals surface area contributed by atoms with Gasteiger partial charge in [-0.1, -0.05) is 6.07 Å². The van der Waals surface area contributed by atoms with Crippen LogP contribution in [-0.2, 0) is 0 Å². The van der Waals surface area contributed by atoms with Crippen LogP contribution < -0.4 is 5.73 Å². The van der Waals surface area contributed by atoms with Crippen LogP contribution in [0.15, 0.2) is 17.5 Å². The molecule has 1 fully saturated rings. The number of hydrogen-bond acceptors (Lipinski definition) is 4. The molecule has 4 heteroatoms. The summed E-state index contributed by atoms with van der Waals surface area (Å²) in [6.45, 7) is 2.00. The van der Waals surface area contributed by atoms with Crippen LogP contribution in [0.25, 0.3) is 0 Å². The van der Waals surface area contributed by atoms with E-state index in [1.807, 2.05) is 17.5 Å². The molecule has 0 amide bonds. The van der Waals surface area contributed by atoms with Gasteiger partial charge in [-0.25, -0.2) is 0 Å². The van der Waals surface area contributed by atoms with E-state index in [9.17, 15) is 4.79 Å². The number of thiophene rings is 1. The van der Waals surface area contributed by atoms with Crippen LogP contribution in [0.2, 0.25) is 0 Å². The van der Waals surface area contributed by atoms with Gasteiger partial charge in [0.1, 0.15) is 0 Å². The first-order valence-corrected chi connectivity index (χ1v) is 6.20. The zero-order valence-electron chi connectivity index (χ0n) is 8.69. The van der Waals surface area contributed by atoms with Crippen molar-refractivity contribution in [3.63, 3.8) is 0 Å². The van der Waals surface area contributed by atoms with Crippen molar-refractivity contribution in [3.8, 4) is 0 Å². The minimum Gasteiger partial charge on any atom is -0.329 e. The van der Waals surface area contributed by atoms with Crippen LogP contribution in [0, 0.1) is 0 Å². The van der Waals surface area contributed by atoms with E-state index in [4.69, 9.17) is 5.73 Å². The summed E-state index contributed by atoms with van der Waals surface area (Å²) in [5, 5.41) is 1.94. The molecule has 1 heterocycles. The Kier molecular flexibility index (Phi) is 3.51. The quantitative estimate of drug-likeness (QED) is 0.742. The summed E-state index contributed by atoms with van der Waals surface area (Å²) in [7, 11) is 0. The van der Waals surface area contributed by atoms with Crippen molar-refractivity contribution in [2.45, 2.75) is 18.9 Å². The fraction of sp³-hybridized carbons (Fsp3) is 0.545. The van der Waals surface area contributed by atoms with Crippen LogP contribution >= 0.6 is 11.3 Å². The van der Waals surface area contributed by atoms with E-state index < -0.39 is 0 Å². The second kappa shape index (κ2) is 4.88. The number of hydrogen-bond donors (Lipinski definition) is 1. The molecule has 82 valence electrons. The molecule has 0 spiro atoms. The number of carbonyl (C=O) groups excluding carboxylic acids is 1. The van der Waals surface area contributed by atoms with Gasteiger partial charge in [0, 0.05) is 19.1 Å². The Morgan fingerprint density at radius 3 is 2.93 bits per heavy atom. The molecule has 0 bridgehead atoms. The van der Waals surface area contributed by atoms with Gasteiger partial charge < -0.3 is 5.73 Å². The lowest BCUT2D eigenvalue weighted by atomic mass is 10.3. The molecule has 0 aromatic carbocycles. The first-order valence-electron chi connectivity index (χ1n) is 5.32. The number of nitrogens with two attached hydrogens (primary N) is 1. The largest absolute Gasteiger partial charge is 0.329 e. The normalized spacial score (nSPS) is 15.9. The van der Waals surface area contributed by atoms with Crippen LogP contribution in [0.1, 0.15) is 22.5 Å². The van der Waals surface area contributed by atoms with Gasteiger partial charge in [0.2, 0.25) is 0 Å². The average molecular weight is 224 g/mol. The number of Topliss-reactive ketones (excluding diaryl/α,β-unsaturated/α-hetero) is 1. The molecule has 0 atom stereocenters. The number of nitrogens with zero attached hydrogens (tertiary/aromatic N) is 1. The molecule has 2 N–H and O–H groups in total. The molecule has 1 aliphatic rings. The topological polar surface area (TPSA) is 46.3 Å². The van der Waals surface area contributed by atoms with Crippen molar-refractivity contribution in [2.24, 2.45) is 5.73 Å². The zero-order chi connectivity index (χ0) is 10.7. The molecule has 1 aliphatic carbocycles. The van der Waals surface area contributed by atoms with Gasteiger partial charge in [-0.05, 0) is 24.3 Å². The van der Waals surface area contributed by atoms with Gasteiger partial charge in [0.05, 0.1) is 11.4 Å². The Bertz CT molecular complexity index is 319. The predicted octanol–water partition coefficient (Wildman–Crippen LogP) is 1.35. The maximum atomic E-state index is 11.9. The third-order valence-electron chi connectivity index (χ3n) is 2.62. The molecule has 15 heavy (non-hydrogen) atoms. The van der Waals surface area contributed by atoms with E-state index in [-0.39, 0.29) is 5.78 Å². The maximum absolute atomic E-state index is 11.9. The second-order valence-corrected chi connectivity index (χ2v) is 4.84. The molecule has 1 aromatic rings. The van der Waals surface area contributed by atoms with Gasteiger partial charge in [-0.2, -0.15) is 0 Å². The minimum atomic E-state index is 0.227. The van der Waals surface area contributed by atoms with Crippen molar-refractivity contribution < 1.29 is 4.79 Å². The van der Waals surface area contributed by atoms with E-state index in [0.717, 1.165) is 11.4 Å². The first kappa shape index (κ1) is 10.8. The van der Waals surface area contributed by atoms with Gasteiger partial charge in [0.15, 0.2) is 5.78 Å². The van der Waals surface area contributed by atoms with E-state index >= 15 is 0 Å². The summed E-state index contributed by atoms with van der Waals surface area (Å²) in [6.07, 6.45) is 2.44. The molecule has 0 saturated heterocycles. The monoisotopic (exact) mass is 224 g/mol. The highest BCUT2D eigenvalue weighted by molar-refractivity contribution is 7.12. The third kappa shape index (κ3) is 2.87. The lowest BCUT2D eigenvalue weighted by Gasteiger charge is -2.19. The predicted molar refractivity (Wildman–Crippen MR) is 62.3 cm³/mol. The summed E-state index contributed by atoms with van der Waals surface area (Å²) in [4.78, 5) is 14.9. The highest BCUT2D eigenvalue weighted by Gasteiger charge is 2.29. The summed E-state index contributed by atoms with van der Waals surface area (Å²) in [6, 6.07) is 4.42. The summed E-state index contributed by atoms with van der Waals surface area (Å²) < 4.78 is 0. The molecule has 3 nitrogen and oxygen atoms in total. The van der Waals surface area contributed by atoms with Gasteiger partial charge in [-0.3, -0.25) is 9.69 Å². The summed E-state index contributed by atoms with van der Waals surface area (Å²) >= 11 is 1.52. The Balaban J connectivity index is 1.91. The van der Waals surface area contributed by atoms with Gasteiger partial charge >= 0.3 is 0 Å². The first-order chi connectivity index (χ1) is 7.31. The Labute approximate surface area is 93.9 Å². The maximum Gasteiger partial charge on any atom is 0.186 e. The number of rotatable bonds is 6. The Morgan fingerprint density at radius 2 is 2.40 bits per heavy atom. The van der Waals surface area contributed by atoms with Crippen LogP contribution in [0.4, 0.5) is 0 Å². The highest BCUT2D eigenvalue weighted by Crippen LogP contribution is 2.26. The highest BCUT2D eigenvalue weighted by atomic mass is 32.1. The molecule has 1 aromatic heterocycles. The molecule has 0 aliphatic heterocycles. The third-order valence-corrected chi connectivity index (χ3v) is 3.53. The molecule has 2 rings (SSSR count). The van der Waals surface area contributed by atoms with Crippen molar-refractivity contribution >= 4 is 17.1 Å². The van der Waals surface area contributed by atoms with Gasteiger partial charge in [-0.15, -0.1) is 11.3 Å². The fourth-order valence-corrected chi connectivity index (χ4v) is 2.35. The van der Waals surface area contributed by atoms with Crippen molar-refractivity contribution in [3.05, 3.63) is 22.4 Å². The fourth-order valence-electron chi connectivity index (χ4n) is 1.70. The van der Waals surface area contributed by atoms with Crippen molar-refractivity contribution in [1.29, 1.82) is 0 Å². The molecule has 1 saturated carbocycles. The lowest BCUT2D eigenvalue weighted by molar-refractivity contribution is 0.0931. The minimum absolute atomic E-state index is 0.227. The summed E-state index contributed by atoms with van der Waals surface area (Å²) in [5.41, 5.74) is 5.54. The lowest BCUT2D eigenvalue weighted by Crippen LogP contribution is -2.35. The van der Waals surface area contributed by atoms with Crippen LogP contribution in [0.5, 0.6) is 0 Å². The zero-order valence-corrected chi connectivity index (χ0v) is 9.50. The van der Waals surface area contributed by atoms with E-state index in [2.05, 4.69) is 4.90 Å².